The standard InChI is InChI=1S/C20H22BrN3O2.C12H14BrN3O.C12H11BrN2O.C11H11BrO.C10H8BrClO.C10H9BrO2.C8H7BrO.4CH4.FH.2H2/c1-20(15-5-4-6-16(21)11-15)12-18(25)23(2)19(22)24(20)13-14-7-9-17(26-3)10-8-14;1-12(8-4-3-5-9(13)6-8)7-10(17)16(2)11(14)15-12;1-9(6-12(16)15(2)8-14)10-4-3-5-11(13)7-10;1-8(6-9(2)13)10-4-3-5-11(12)7-10;2*1-7(5-10(12)13)8-3-2-4-9(11)6-8;1-6(10)7-3-2-4-8(9)5-7;;;;;;;/h4-11,22H,12-13H2,1-3H3;3-6H,7H2,1-2H3,(H2,14,15);3-7H,1-2H3;3-7H,1-2H3;2-6H,1H3;2-6H,1H3,(H,12,13);2-5H,1H3;4*1H4;3*1H/b;;9-6+;8-6+;2*7-5+;;;;;;;;/i;;;;;;;;;;;;1+1;. The highest BCUT2D eigenvalue weighted by Gasteiger charge is 2.45. The number of aliphatic carboxylic acids is 1. The summed E-state index contributed by atoms with van der Waals surface area (Å²) in [5, 5.41) is 25.2. The molecule has 0 aliphatic carbocycles. The number of hydrogen-bond donors (Lipinski definition) is 3. The summed E-state index contributed by atoms with van der Waals surface area (Å²) in [7, 11) is 6.38. The zero-order valence-corrected chi connectivity index (χ0v) is 73.7. The van der Waals surface area contributed by atoms with Gasteiger partial charge in [0.05, 0.1) is 31.0 Å². The molecular weight excluding hydrogens is 1910 g/mol. The summed E-state index contributed by atoms with van der Waals surface area (Å²) in [4.78, 5) is 88.6. The third kappa shape index (κ3) is 35.8. The number of allylic oxidation sites excluding steroid dienone is 6. The van der Waals surface area contributed by atoms with Gasteiger partial charge in [-0.3, -0.25) is 48.7 Å². The molecule has 0 saturated carbocycles. The normalized spacial score (nSPS) is 14.7. The predicted molar refractivity (Wildman–Crippen MR) is 492 cm³/mol. The Morgan fingerprint density at radius 3 is 1.28 bits per heavy atom. The molecule has 8 aromatic carbocycles. The molecule has 0 spiro atoms. The number of carboxylic acids is 1. The lowest BCUT2D eigenvalue weighted by molar-refractivity contribution is -0.133. The number of halogens is 9. The number of nitrogens with one attached hydrogen (secondary N) is 1. The first-order valence-corrected chi connectivity index (χ1v) is 38.8. The van der Waals surface area contributed by atoms with Crippen molar-refractivity contribution < 1.29 is 51.0 Å². The molecule has 2 unspecified atom stereocenters. The van der Waals surface area contributed by atoms with E-state index < -0.39 is 22.3 Å². The molecule has 1 saturated heterocycles. The van der Waals surface area contributed by atoms with Crippen LogP contribution in [0.15, 0.2) is 255 Å². The Morgan fingerprint density at radius 1 is 0.575 bits per heavy atom. The highest BCUT2D eigenvalue weighted by molar-refractivity contribution is 9.11. The maximum atomic E-state index is 12.5. The summed E-state index contributed by atoms with van der Waals surface area (Å²) in [5.74, 6) is 0.146. The van der Waals surface area contributed by atoms with Crippen LogP contribution in [0.1, 0.15) is 150 Å². The van der Waals surface area contributed by atoms with E-state index in [-0.39, 0.29) is 78.5 Å². The number of Topliss-reactive ketones (excluding diaryl/α,β-unsaturated/α-hetero) is 1. The molecule has 608 valence electrons. The minimum atomic E-state index is -0.919. The highest BCUT2D eigenvalue weighted by Crippen LogP contribution is 2.39. The Hall–Kier alpha value is -8.58. The van der Waals surface area contributed by atoms with Gasteiger partial charge in [0, 0.05) is 85.6 Å². The molecule has 8 aromatic rings. The average Bonchev–Trinajstić information content (AvgIpc) is 0.757. The number of methoxy groups -OCH3 is 1. The monoisotopic (exact) mass is 2010 g/mol. The van der Waals surface area contributed by atoms with E-state index >= 15 is 0 Å². The van der Waals surface area contributed by atoms with Crippen molar-refractivity contribution in [2.75, 3.05) is 28.3 Å². The molecule has 0 aromatic heterocycles. The fourth-order valence-electron chi connectivity index (χ4n) is 10.2. The van der Waals surface area contributed by atoms with E-state index in [9.17, 15) is 33.6 Å². The minimum Gasteiger partial charge on any atom is -0.497 e. The van der Waals surface area contributed by atoms with E-state index in [2.05, 4.69) is 117 Å². The Bertz CT molecular complexity index is 4620. The number of likely N-dealkylation sites (N-methyl/N-ethyl adjacent to an activating group) is 1. The number of carbonyl (C=O) groups excluding carboxylic acids is 6. The number of carbonyl (C=O) groups is 7. The van der Waals surface area contributed by atoms with Crippen molar-refractivity contribution >= 4 is 198 Å². The molecule has 2 atom stereocenters. The number of aliphatic imine (C=N–C) groups is 1. The summed E-state index contributed by atoms with van der Waals surface area (Å²) in [6.07, 6.45) is 8.11. The Balaban J connectivity index is -0.000000631. The Kier molecular flexibility index (Phi) is 49.0. The largest absolute Gasteiger partial charge is 0.497 e. The van der Waals surface area contributed by atoms with Crippen LogP contribution in [0.4, 0.5) is 4.70 Å². The lowest BCUT2D eigenvalue weighted by atomic mass is 9.84. The van der Waals surface area contributed by atoms with E-state index in [0.29, 0.717) is 19.4 Å². The maximum absolute atomic E-state index is 12.5. The van der Waals surface area contributed by atoms with Crippen LogP contribution in [0.2, 0.25) is 0 Å². The van der Waals surface area contributed by atoms with Crippen LogP contribution in [0.25, 0.3) is 22.3 Å². The second-order valence-corrected chi connectivity index (χ2v) is 31.5. The first-order valence-electron chi connectivity index (χ1n) is 32.8. The topological polar surface area (TPSA) is 248 Å². The summed E-state index contributed by atoms with van der Waals surface area (Å²) in [5.41, 5.74) is 15.7. The van der Waals surface area contributed by atoms with Crippen LogP contribution in [-0.2, 0) is 46.4 Å². The summed E-state index contributed by atoms with van der Waals surface area (Å²) >= 11 is 28.9. The fourth-order valence-corrected chi connectivity index (χ4v) is 13.1. The van der Waals surface area contributed by atoms with Gasteiger partial charge in [0.2, 0.25) is 23.0 Å². The smallest absolute Gasteiger partial charge is 0.328 e. The fraction of sp³-hybridized carbons (Fsp3) is 0.241. The van der Waals surface area contributed by atoms with Crippen molar-refractivity contribution in [3.05, 3.63) is 294 Å². The Labute approximate surface area is 733 Å². The van der Waals surface area contributed by atoms with Gasteiger partial charge in [0.1, 0.15) is 5.75 Å². The van der Waals surface area contributed by atoms with Gasteiger partial charge in [0.25, 0.3) is 5.91 Å². The molecule has 4 N–H and O–H groups in total. The van der Waals surface area contributed by atoms with Crippen LogP contribution in [0.5, 0.6) is 5.75 Å². The zero-order chi connectivity index (χ0) is 80.8. The van der Waals surface area contributed by atoms with Gasteiger partial charge < -0.3 is 20.5 Å². The molecule has 3 amide bonds. The summed E-state index contributed by atoms with van der Waals surface area (Å²) in [6.45, 7) is 15.0. The maximum Gasteiger partial charge on any atom is 0.328 e. The average molecular weight is 2020 g/mol. The number of benzene rings is 8. The van der Waals surface area contributed by atoms with E-state index in [0.717, 1.165) is 109 Å². The molecule has 2 heterocycles. The van der Waals surface area contributed by atoms with Crippen LogP contribution in [0.3, 0.4) is 0 Å². The number of hydrogen-bond acceptors (Lipinski definition) is 12. The van der Waals surface area contributed by atoms with E-state index in [1.807, 2.05) is 228 Å². The van der Waals surface area contributed by atoms with Crippen molar-refractivity contribution in [3.8, 4) is 11.9 Å². The zero-order valence-electron chi connectivity index (χ0n) is 61.8. The second-order valence-electron chi connectivity index (χ2n) is 24.7. The number of nitrogens with two attached hydrogens (primary N) is 1. The first-order chi connectivity index (χ1) is 50.8. The van der Waals surface area contributed by atoms with Gasteiger partial charge in [0.15, 0.2) is 23.7 Å². The van der Waals surface area contributed by atoms with Gasteiger partial charge in [-0.1, -0.05) is 238 Å². The lowest BCUT2D eigenvalue weighted by Crippen LogP contribution is -2.59. The molecule has 0 bridgehead atoms. The quantitative estimate of drug-likeness (QED) is 0.0302. The third-order valence-corrected chi connectivity index (χ3v) is 19.8. The van der Waals surface area contributed by atoms with Crippen LogP contribution in [-0.4, -0.2) is 105 Å². The van der Waals surface area contributed by atoms with Gasteiger partial charge in [-0.05, 0) is 231 Å². The molecule has 1 fully saturated rings. The lowest BCUT2D eigenvalue weighted by Gasteiger charge is -2.49. The second kappa shape index (κ2) is 52.0. The number of guanidine groups is 2. The van der Waals surface area contributed by atoms with Crippen molar-refractivity contribution in [3.63, 3.8) is 0 Å². The van der Waals surface area contributed by atoms with E-state index in [1.165, 1.54) is 35.1 Å². The summed E-state index contributed by atoms with van der Waals surface area (Å²) in [6, 6.07) is 61.7. The van der Waals surface area contributed by atoms with Crippen molar-refractivity contribution in [1.82, 2.24) is 19.6 Å². The van der Waals surface area contributed by atoms with Crippen LogP contribution >= 0.6 is 123 Å². The number of ketones is 2. The SMILES string of the molecule is C.C.C.C.C/C(=C\C(=O)Cl)c1cccc(Br)c1.C/C(=C\C(=O)N(C)C#N)c1cccc(Br)c1.C/C(=C\C(=O)O)c1cccc(Br)c1.CC(=O)/C=C(\C)c1cccc(Br)c1.CC(=O)c1cccc(Br)c1.CN1C(=O)CC(C)(c2cccc(Br)c2)N=C1N.COc1ccc(CN2C(=N)N(C)C(=O)CC2(C)c2cccc(Br)c2)cc1.F.[2HH].[HH]. The third-order valence-electron chi connectivity index (χ3n) is 16.3. The Morgan fingerprint density at radius 2 is 0.929 bits per heavy atom. The molecule has 17 nitrogen and oxygen atoms in total. The number of nitriles is 1. The van der Waals surface area contributed by atoms with Crippen LogP contribution < -0.4 is 10.5 Å². The molecule has 10 rings (SSSR count). The number of ether oxygens (including phenoxy) is 1. The van der Waals surface area contributed by atoms with Crippen molar-refractivity contribution in [2.45, 2.75) is 116 Å². The number of carboxylic acid groups (broad SMARTS) is 1. The highest BCUT2D eigenvalue weighted by atomic mass is 79.9. The molecular formula is C87H103Br7ClFN8O9. The number of amides is 3. The van der Waals surface area contributed by atoms with Gasteiger partial charge in [-0.25, -0.2) is 14.7 Å². The molecule has 26 heteroatoms. The molecule has 113 heavy (non-hydrogen) atoms. The number of nitrogens with zero attached hydrogens (tertiary/aromatic N) is 6. The molecule has 2 aliphatic heterocycles. The molecule has 0 radical (unpaired) electrons. The first kappa shape index (κ1) is 106. The minimum absolute atomic E-state index is 0. The van der Waals surface area contributed by atoms with Crippen molar-refractivity contribution in [2.24, 2.45) is 10.7 Å². The van der Waals surface area contributed by atoms with E-state index in [4.69, 9.17) is 37.8 Å². The molecule has 2 aliphatic rings. The number of rotatable bonds is 14. The predicted octanol–water partition coefficient (Wildman–Crippen LogP) is 24.4. The van der Waals surface area contributed by atoms with Gasteiger partial charge in [-0.15, -0.1) is 0 Å². The van der Waals surface area contributed by atoms with Gasteiger partial charge in [-0.2, -0.15) is 5.26 Å². The van der Waals surface area contributed by atoms with Crippen molar-refractivity contribution in [1.29, 1.82) is 10.7 Å². The van der Waals surface area contributed by atoms with E-state index in [1.54, 1.807) is 60.3 Å². The van der Waals surface area contributed by atoms with Gasteiger partial charge >= 0.3 is 5.97 Å². The van der Waals surface area contributed by atoms with Crippen LogP contribution in [0, 0.1) is 16.9 Å². The summed E-state index contributed by atoms with van der Waals surface area (Å²) < 4.78 is 12.0.